The summed E-state index contributed by atoms with van der Waals surface area (Å²) in [7, 11) is 2.00. The molecule has 2 heteroatoms. The maximum Gasteiger partial charge on any atom is 0.0661 e. The van der Waals surface area contributed by atoms with E-state index in [0.29, 0.717) is 12.0 Å². The lowest BCUT2D eigenvalue weighted by Crippen LogP contribution is -2.23. The molecule has 0 bridgehead atoms. The van der Waals surface area contributed by atoms with Gasteiger partial charge in [-0.05, 0) is 36.9 Å². The molecule has 1 rings (SSSR count). The SMILES string of the molecule is CCCc1ccc(C(COCC(C)CCC)NC)cc1. The van der Waals surface area contributed by atoms with Gasteiger partial charge in [-0.25, -0.2) is 0 Å². The van der Waals surface area contributed by atoms with Crippen molar-refractivity contribution in [3.63, 3.8) is 0 Å². The number of aryl methyl sites for hydroxylation is 1. The summed E-state index contributed by atoms with van der Waals surface area (Å²) >= 11 is 0. The topological polar surface area (TPSA) is 21.3 Å². The van der Waals surface area contributed by atoms with Gasteiger partial charge in [-0.2, -0.15) is 0 Å². The molecule has 0 radical (unpaired) electrons. The van der Waals surface area contributed by atoms with Crippen molar-refractivity contribution in [3.8, 4) is 0 Å². The van der Waals surface area contributed by atoms with Crippen molar-refractivity contribution in [2.24, 2.45) is 5.92 Å². The molecule has 2 nitrogen and oxygen atoms in total. The lowest BCUT2D eigenvalue weighted by atomic mass is 10.0. The number of hydrogen-bond donors (Lipinski definition) is 1. The Morgan fingerprint density at radius 1 is 1.05 bits per heavy atom. The molecular weight excluding hydrogens is 246 g/mol. The average molecular weight is 277 g/mol. The van der Waals surface area contributed by atoms with Crippen LogP contribution in [-0.2, 0) is 11.2 Å². The molecule has 2 unspecified atom stereocenters. The molecule has 20 heavy (non-hydrogen) atoms. The van der Waals surface area contributed by atoms with Crippen molar-refractivity contribution < 1.29 is 4.74 Å². The predicted octanol–water partition coefficient (Wildman–Crippen LogP) is 4.35. The summed E-state index contributed by atoms with van der Waals surface area (Å²) < 4.78 is 5.87. The van der Waals surface area contributed by atoms with Crippen LogP contribution in [0.3, 0.4) is 0 Å². The first kappa shape index (κ1) is 17.2. The van der Waals surface area contributed by atoms with E-state index in [4.69, 9.17) is 4.74 Å². The lowest BCUT2D eigenvalue weighted by molar-refractivity contribution is 0.0849. The van der Waals surface area contributed by atoms with Crippen LogP contribution < -0.4 is 5.32 Å². The van der Waals surface area contributed by atoms with Gasteiger partial charge in [0.05, 0.1) is 12.6 Å². The molecule has 0 aromatic heterocycles. The van der Waals surface area contributed by atoms with Crippen LogP contribution in [0.1, 0.15) is 57.2 Å². The van der Waals surface area contributed by atoms with Gasteiger partial charge < -0.3 is 10.1 Å². The molecule has 0 aliphatic carbocycles. The van der Waals surface area contributed by atoms with Gasteiger partial charge in [0, 0.05) is 6.61 Å². The first-order chi connectivity index (χ1) is 9.71. The van der Waals surface area contributed by atoms with Crippen molar-refractivity contribution in [3.05, 3.63) is 35.4 Å². The van der Waals surface area contributed by atoms with Crippen LogP contribution in [0, 0.1) is 5.92 Å². The highest BCUT2D eigenvalue weighted by molar-refractivity contribution is 5.25. The van der Waals surface area contributed by atoms with Gasteiger partial charge in [0.1, 0.15) is 0 Å². The summed E-state index contributed by atoms with van der Waals surface area (Å²) in [5.74, 6) is 0.657. The first-order valence-corrected chi connectivity index (χ1v) is 8.05. The van der Waals surface area contributed by atoms with Crippen LogP contribution in [0.5, 0.6) is 0 Å². The monoisotopic (exact) mass is 277 g/mol. The normalized spacial score (nSPS) is 14.2. The lowest BCUT2D eigenvalue weighted by Gasteiger charge is -2.19. The highest BCUT2D eigenvalue weighted by Gasteiger charge is 2.10. The molecule has 0 aliphatic rings. The number of rotatable bonds is 10. The zero-order chi connectivity index (χ0) is 14.8. The Labute approximate surface area is 124 Å². The standard InChI is InChI=1S/C18H31NO/c1-5-7-15(3)13-20-14-18(19-4)17-11-9-16(8-6-2)10-12-17/h9-12,15,18-19H,5-8,13-14H2,1-4H3. The maximum absolute atomic E-state index is 5.87. The third-order valence-electron chi connectivity index (χ3n) is 3.74. The van der Waals surface area contributed by atoms with Crippen LogP contribution in [0.15, 0.2) is 24.3 Å². The molecular formula is C18H31NO. The molecule has 1 aromatic carbocycles. The molecule has 0 fully saturated rings. The Hall–Kier alpha value is -0.860. The van der Waals surface area contributed by atoms with Gasteiger partial charge in [0.15, 0.2) is 0 Å². The molecule has 0 amide bonds. The predicted molar refractivity (Wildman–Crippen MR) is 87.1 cm³/mol. The smallest absolute Gasteiger partial charge is 0.0661 e. The van der Waals surface area contributed by atoms with Gasteiger partial charge in [0.25, 0.3) is 0 Å². The second-order valence-electron chi connectivity index (χ2n) is 5.76. The van der Waals surface area contributed by atoms with Crippen molar-refractivity contribution >= 4 is 0 Å². The summed E-state index contributed by atoms with van der Waals surface area (Å²) in [6.45, 7) is 8.31. The highest BCUT2D eigenvalue weighted by atomic mass is 16.5. The zero-order valence-corrected chi connectivity index (χ0v) is 13.6. The Kier molecular flexibility index (Phi) is 8.56. The molecule has 0 spiro atoms. The quantitative estimate of drug-likeness (QED) is 0.686. The Balaban J connectivity index is 2.44. The fraction of sp³-hybridized carbons (Fsp3) is 0.667. The van der Waals surface area contributed by atoms with Crippen LogP contribution in [0.4, 0.5) is 0 Å². The highest BCUT2D eigenvalue weighted by Crippen LogP contribution is 2.16. The van der Waals surface area contributed by atoms with Crippen molar-refractivity contribution in [2.45, 2.75) is 52.5 Å². The molecule has 1 N–H and O–H groups in total. The molecule has 2 atom stereocenters. The fourth-order valence-electron chi connectivity index (χ4n) is 2.51. The summed E-state index contributed by atoms with van der Waals surface area (Å²) in [5, 5.41) is 3.35. The average Bonchev–Trinajstić information content (AvgIpc) is 2.45. The van der Waals surface area contributed by atoms with E-state index in [-0.39, 0.29) is 0 Å². The minimum atomic E-state index is 0.291. The molecule has 0 aliphatic heterocycles. The summed E-state index contributed by atoms with van der Waals surface area (Å²) in [5.41, 5.74) is 2.74. The van der Waals surface area contributed by atoms with Crippen LogP contribution >= 0.6 is 0 Å². The first-order valence-electron chi connectivity index (χ1n) is 8.05. The minimum Gasteiger partial charge on any atom is -0.379 e. The van der Waals surface area contributed by atoms with Crippen molar-refractivity contribution in [2.75, 3.05) is 20.3 Å². The molecule has 114 valence electrons. The Morgan fingerprint density at radius 3 is 2.30 bits per heavy atom. The van der Waals surface area contributed by atoms with Crippen molar-refractivity contribution in [1.29, 1.82) is 0 Å². The second kappa shape index (κ2) is 9.95. The molecule has 1 aromatic rings. The molecule has 0 heterocycles. The van der Waals surface area contributed by atoms with Gasteiger partial charge in [0.2, 0.25) is 0 Å². The van der Waals surface area contributed by atoms with Gasteiger partial charge >= 0.3 is 0 Å². The van der Waals surface area contributed by atoms with E-state index in [9.17, 15) is 0 Å². The molecule has 0 saturated carbocycles. The van der Waals surface area contributed by atoms with Crippen LogP contribution in [0.2, 0.25) is 0 Å². The summed E-state index contributed by atoms with van der Waals surface area (Å²) in [4.78, 5) is 0. The zero-order valence-electron chi connectivity index (χ0n) is 13.6. The second-order valence-corrected chi connectivity index (χ2v) is 5.76. The minimum absolute atomic E-state index is 0.291. The third kappa shape index (κ3) is 6.06. The van der Waals surface area contributed by atoms with Crippen LogP contribution in [0.25, 0.3) is 0 Å². The van der Waals surface area contributed by atoms with Gasteiger partial charge in [-0.1, -0.05) is 57.9 Å². The Bertz CT molecular complexity index is 347. The maximum atomic E-state index is 5.87. The van der Waals surface area contributed by atoms with E-state index in [1.807, 2.05) is 7.05 Å². The van der Waals surface area contributed by atoms with Crippen molar-refractivity contribution in [1.82, 2.24) is 5.32 Å². The Morgan fingerprint density at radius 2 is 1.75 bits per heavy atom. The van der Waals surface area contributed by atoms with Crippen LogP contribution in [-0.4, -0.2) is 20.3 Å². The third-order valence-corrected chi connectivity index (χ3v) is 3.74. The largest absolute Gasteiger partial charge is 0.379 e. The van der Waals surface area contributed by atoms with E-state index in [2.05, 4.69) is 50.4 Å². The van der Waals surface area contributed by atoms with E-state index in [0.717, 1.165) is 19.6 Å². The molecule has 0 saturated heterocycles. The number of ether oxygens (including phenoxy) is 1. The van der Waals surface area contributed by atoms with Gasteiger partial charge in [-0.15, -0.1) is 0 Å². The number of hydrogen-bond acceptors (Lipinski definition) is 2. The number of likely N-dealkylation sites (N-methyl/N-ethyl adjacent to an activating group) is 1. The van der Waals surface area contributed by atoms with E-state index in [1.54, 1.807) is 0 Å². The van der Waals surface area contributed by atoms with E-state index in [1.165, 1.54) is 30.4 Å². The summed E-state index contributed by atoms with van der Waals surface area (Å²) in [6.07, 6.45) is 4.84. The fourth-order valence-corrected chi connectivity index (χ4v) is 2.51. The van der Waals surface area contributed by atoms with Gasteiger partial charge in [-0.3, -0.25) is 0 Å². The number of benzene rings is 1. The van der Waals surface area contributed by atoms with E-state index >= 15 is 0 Å². The van der Waals surface area contributed by atoms with E-state index < -0.39 is 0 Å². The number of nitrogens with one attached hydrogen (secondary N) is 1. The summed E-state index contributed by atoms with van der Waals surface area (Å²) in [6, 6.07) is 9.22.